The molecule has 0 saturated heterocycles. The van der Waals surface area contributed by atoms with E-state index in [-0.39, 0.29) is 0 Å². The minimum atomic E-state index is 0.507. The molecule has 2 aromatic rings. The van der Waals surface area contributed by atoms with E-state index >= 15 is 0 Å². The Morgan fingerprint density at radius 2 is 2.05 bits per heavy atom. The number of aromatic nitrogens is 4. The Balaban J connectivity index is 2.28. The predicted octanol–water partition coefficient (Wildman–Crippen LogP) is 2.43. The van der Waals surface area contributed by atoms with Crippen LogP contribution in [0.4, 0.5) is 5.82 Å². The van der Waals surface area contributed by atoms with E-state index in [1.807, 2.05) is 25.8 Å². The molecule has 0 spiro atoms. The Kier molecular flexibility index (Phi) is 4.27. The molecule has 19 heavy (non-hydrogen) atoms. The van der Waals surface area contributed by atoms with Crippen molar-refractivity contribution in [2.45, 2.75) is 26.8 Å². The molecule has 6 heteroatoms. The van der Waals surface area contributed by atoms with Gasteiger partial charge in [0.25, 0.3) is 0 Å². The normalized spacial score (nSPS) is 10.5. The fourth-order valence-electron chi connectivity index (χ4n) is 1.78. The zero-order valence-electron chi connectivity index (χ0n) is 11.3. The zero-order chi connectivity index (χ0) is 13.8. The third-order valence-electron chi connectivity index (χ3n) is 2.80. The van der Waals surface area contributed by atoms with E-state index in [1.54, 1.807) is 18.6 Å². The molecule has 5 nitrogen and oxygen atoms in total. The SMILES string of the molecule is CCc1nc(Cl)c(C)c(N(C)Cc2cnccn2)n1. The first-order valence-electron chi connectivity index (χ1n) is 6.10. The van der Waals surface area contributed by atoms with E-state index in [2.05, 4.69) is 19.9 Å². The van der Waals surface area contributed by atoms with Gasteiger partial charge in [-0.05, 0) is 6.92 Å². The molecule has 2 rings (SSSR count). The first-order valence-corrected chi connectivity index (χ1v) is 6.48. The number of hydrogen-bond acceptors (Lipinski definition) is 5. The quantitative estimate of drug-likeness (QED) is 0.804. The second-order valence-corrected chi connectivity index (χ2v) is 4.64. The molecular weight excluding hydrogens is 262 g/mol. The molecule has 0 aliphatic rings. The van der Waals surface area contributed by atoms with Crippen LogP contribution in [0.1, 0.15) is 24.0 Å². The molecular formula is C13H16ClN5. The van der Waals surface area contributed by atoms with Crippen LogP contribution in [-0.2, 0) is 13.0 Å². The van der Waals surface area contributed by atoms with Gasteiger partial charge >= 0.3 is 0 Å². The summed E-state index contributed by atoms with van der Waals surface area (Å²) in [6.45, 7) is 4.56. The van der Waals surface area contributed by atoms with Gasteiger partial charge in [-0.1, -0.05) is 18.5 Å². The van der Waals surface area contributed by atoms with Gasteiger partial charge < -0.3 is 4.90 Å². The van der Waals surface area contributed by atoms with Gasteiger partial charge in [0.1, 0.15) is 16.8 Å². The van der Waals surface area contributed by atoms with Crippen LogP contribution in [0.15, 0.2) is 18.6 Å². The predicted molar refractivity (Wildman–Crippen MR) is 75.3 cm³/mol. The number of nitrogens with zero attached hydrogens (tertiary/aromatic N) is 5. The molecule has 0 N–H and O–H groups in total. The van der Waals surface area contributed by atoms with Crippen molar-refractivity contribution in [3.8, 4) is 0 Å². The van der Waals surface area contributed by atoms with E-state index in [9.17, 15) is 0 Å². The lowest BCUT2D eigenvalue weighted by Crippen LogP contribution is -2.21. The minimum absolute atomic E-state index is 0.507. The minimum Gasteiger partial charge on any atom is -0.353 e. The Hall–Kier alpha value is -1.75. The maximum Gasteiger partial charge on any atom is 0.137 e. The van der Waals surface area contributed by atoms with Gasteiger partial charge in [-0.15, -0.1) is 0 Å². The number of aryl methyl sites for hydroxylation is 1. The summed E-state index contributed by atoms with van der Waals surface area (Å²) in [6, 6.07) is 0. The molecule has 0 amide bonds. The molecule has 0 saturated carbocycles. The van der Waals surface area contributed by atoms with Crippen molar-refractivity contribution in [1.29, 1.82) is 0 Å². The largest absolute Gasteiger partial charge is 0.353 e. The molecule has 2 aromatic heterocycles. The Bertz CT molecular complexity index is 558. The van der Waals surface area contributed by atoms with Crippen molar-refractivity contribution in [3.05, 3.63) is 40.8 Å². The van der Waals surface area contributed by atoms with Crippen LogP contribution in [0.3, 0.4) is 0 Å². The smallest absolute Gasteiger partial charge is 0.137 e. The van der Waals surface area contributed by atoms with Gasteiger partial charge in [0.15, 0.2) is 0 Å². The van der Waals surface area contributed by atoms with E-state index in [0.29, 0.717) is 11.7 Å². The fraction of sp³-hybridized carbons (Fsp3) is 0.385. The summed E-state index contributed by atoms with van der Waals surface area (Å²) >= 11 is 6.14. The summed E-state index contributed by atoms with van der Waals surface area (Å²) in [5.74, 6) is 1.58. The van der Waals surface area contributed by atoms with Gasteiger partial charge in [-0.2, -0.15) is 0 Å². The fourth-order valence-corrected chi connectivity index (χ4v) is 1.96. The maximum atomic E-state index is 6.14. The third kappa shape index (κ3) is 3.17. The number of rotatable bonds is 4. The molecule has 0 fully saturated rings. The lowest BCUT2D eigenvalue weighted by atomic mass is 10.3. The van der Waals surface area contributed by atoms with Gasteiger partial charge in [0.05, 0.1) is 18.4 Å². The molecule has 0 bridgehead atoms. The first-order chi connectivity index (χ1) is 9.11. The number of halogens is 1. The van der Waals surface area contributed by atoms with Crippen molar-refractivity contribution in [3.63, 3.8) is 0 Å². The molecule has 0 atom stereocenters. The van der Waals surface area contributed by atoms with Crippen LogP contribution >= 0.6 is 11.6 Å². The van der Waals surface area contributed by atoms with E-state index in [4.69, 9.17) is 11.6 Å². The monoisotopic (exact) mass is 277 g/mol. The molecule has 0 aromatic carbocycles. The summed E-state index contributed by atoms with van der Waals surface area (Å²) in [4.78, 5) is 19.1. The second kappa shape index (κ2) is 5.93. The van der Waals surface area contributed by atoms with Crippen LogP contribution in [0.2, 0.25) is 5.15 Å². The standard InChI is InChI=1S/C13H16ClN5/c1-4-11-17-12(14)9(2)13(18-11)19(3)8-10-7-15-5-6-16-10/h5-7H,4,8H2,1-3H3. The molecule has 0 unspecified atom stereocenters. The van der Waals surface area contributed by atoms with Crippen LogP contribution in [-0.4, -0.2) is 27.0 Å². The van der Waals surface area contributed by atoms with Crippen LogP contribution in [0.25, 0.3) is 0 Å². The Morgan fingerprint density at radius 3 is 2.68 bits per heavy atom. The summed E-state index contributed by atoms with van der Waals surface area (Å²) in [6.07, 6.45) is 5.84. The van der Waals surface area contributed by atoms with Crippen molar-refractivity contribution in [2.75, 3.05) is 11.9 Å². The molecule has 0 aliphatic heterocycles. The summed E-state index contributed by atoms with van der Waals surface area (Å²) < 4.78 is 0. The van der Waals surface area contributed by atoms with Crippen molar-refractivity contribution < 1.29 is 0 Å². The highest BCUT2D eigenvalue weighted by atomic mass is 35.5. The van der Waals surface area contributed by atoms with Gasteiger partial charge in [0.2, 0.25) is 0 Å². The van der Waals surface area contributed by atoms with Crippen LogP contribution in [0.5, 0.6) is 0 Å². The van der Waals surface area contributed by atoms with Gasteiger partial charge in [-0.25, -0.2) is 9.97 Å². The Morgan fingerprint density at radius 1 is 1.26 bits per heavy atom. The highest BCUT2D eigenvalue weighted by Gasteiger charge is 2.13. The number of hydrogen-bond donors (Lipinski definition) is 0. The lowest BCUT2D eigenvalue weighted by Gasteiger charge is -2.20. The van der Waals surface area contributed by atoms with Gasteiger partial charge in [0, 0.05) is 31.4 Å². The maximum absolute atomic E-state index is 6.14. The number of anilines is 1. The third-order valence-corrected chi connectivity index (χ3v) is 3.17. The van der Waals surface area contributed by atoms with E-state index in [1.165, 1.54) is 0 Å². The van der Waals surface area contributed by atoms with Crippen molar-refractivity contribution in [1.82, 2.24) is 19.9 Å². The average molecular weight is 278 g/mol. The molecule has 100 valence electrons. The van der Waals surface area contributed by atoms with Crippen molar-refractivity contribution >= 4 is 17.4 Å². The van der Waals surface area contributed by atoms with Crippen molar-refractivity contribution in [2.24, 2.45) is 0 Å². The lowest BCUT2D eigenvalue weighted by molar-refractivity contribution is 0.826. The average Bonchev–Trinajstić information content (AvgIpc) is 2.42. The summed E-state index contributed by atoms with van der Waals surface area (Å²) in [5, 5.41) is 0.507. The topological polar surface area (TPSA) is 54.8 Å². The second-order valence-electron chi connectivity index (χ2n) is 4.29. The Labute approximate surface area is 117 Å². The highest BCUT2D eigenvalue weighted by Crippen LogP contribution is 2.23. The molecule has 2 heterocycles. The summed E-state index contributed by atoms with van der Waals surface area (Å²) in [7, 11) is 1.96. The molecule has 0 radical (unpaired) electrons. The van der Waals surface area contributed by atoms with E-state index < -0.39 is 0 Å². The van der Waals surface area contributed by atoms with E-state index in [0.717, 1.165) is 29.3 Å². The van der Waals surface area contributed by atoms with Crippen LogP contribution in [0, 0.1) is 6.92 Å². The highest BCUT2D eigenvalue weighted by molar-refractivity contribution is 6.30. The summed E-state index contributed by atoms with van der Waals surface area (Å²) in [5.41, 5.74) is 1.77. The molecule has 0 aliphatic carbocycles. The zero-order valence-corrected chi connectivity index (χ0v) is 12.0. The van der Waals surface area contributed by atoms with Crippen LogP contribution < -0.4 is 4.90 Å². The first kappa shape index (κ1) is 13.7. The van der Waals surface area contributed by atoms with Gasteiger partial charge in [-0.3, -0.25) is 9.97 Å².